The Balaban J connectivity index is 2.89. The van der Waals surface area contributed by atoms with E-state index in [0.717, 1.165) is 0 Å². The fraction of sp³-hybridized carbons (Fsp3) is 0.125. The Kier molecular flexibility index (Phi) is 2.97. The number of nitrogens with zero attached hydrogens (tertiary/aromatic N) is 1. The van der Waals surface area contributed by atoms with Gasteiger partial charge in [0.1, 0.15) is 0 Å². The van der Waals surface area contributed by atoms with Crippen LogP contribution < -0.4 is 5.32 Å². The Bertz CT molecular complexity index is 352. The lowest BCUT2D eigenvalue weighted by molar-refractivity contribution is -0.118. The number of hydrogen-bond donors (Lipinski definition) is 1. The molecule has 2 amide bonds. The van der Waals surface area contributed by atoms with Gasteiger partial charge in [0.2, 0.25) is 5.91 Å². The van der Waals surface area contributed by atoms with E-state index in [1.165, 1.54) is 25.4 Å². The highest BCUT2D eigenvalue weighted by atomic mass is 35.5. The van der Waals surface area contributed by atoms with Gasteiger partial charge in [-0.2, -0.15) is 0 Å². The first-order valence-corrected chi connectivity index (χ1v) is 3.90. The third-order valence-electron chi connectivity index (χ3n) is 1.30. The van der Waals surface area contributed by atoms with Crippen LogP contribution in [0.2, 0.25) is 5.02 Å². The number of carbonyl (C=O) groups is 2. The molecule has 0 aliphatic heterocycles. The van der Waals surface area contributed by atoms with E-state index < -0.39 is 11.8 Å². The lowest BCUT2D eigenvalue weighted by Crippen LogP contribution is -2.28. The van der Waals surface area contributed by atoms with Crippen molar-refractivity contribution >= 4 is 23.4 Å². The summed E-state index contributed by atoms with van der Waals surface area (Å²) >= 11 is 5.69. The molecule has 0 atom stereocenters. The fourth-order valence-corrected chi connectivity index (χ4v) is 0.963. The zero-order valence-electron chi connectivity index (χ0n) is 6.87. The van der Waals surface area contributed by atoms with Crippen LogP contribution in [-0.2, 0) is 4.79 Å². The van der Waals surface area contributed by atoms with Gasteiger partial charge in [0, 0.05) is 19.3 Å². The fourth-order valence-electron chi connectivity index (χ4n) is 0.772. The highest BCUT2D eigenvalue weighted by Crippen LogP contribution is 2.12. The molecule has 0 radical (unpaired) electrons. The molecular weight excluding hydrogens is 192 g/mol. The van der Waals surface area contributed by atoms with Crippen molar-refractivity contribution in [3.63, 3.8) is 0 Å². The predicted molar refractivity (Wildman–Crippen MR) is 47.4 cm³/mol. The Morgan fingerprint density at radius 2 is 2.23 bits per heavy atom. The van der Waals surface area contributed by atoms with Crippen LogP contribution in [0.15, 0.2) is 18.5 Å². The minimum absolute atomic E-state index is 0.194. The zero-order chi connectivity index (χ0) is 9.84. The SMILES string of the molecule is CC(=O)NC(=O)c1cnccc1Cl. The summed E-state index contributed by atoms with van der Waals surface area (Å²) in [6.45, 7) is 1.25. The normalized spacial score (nSPS) is 9.38. The van der Waals surface area contributed by atoms with Crippen molar-refractivity contribution < 1.29 is 9.59 Å². The summed E-state index contributed by atoms with van der Waals surface area (Å²) in [6, 6.07) is 1.48. The lowest BCUT2D eigenvalue weighted by atomic mass is 10.2. The van der Waals surface area contributed by atoms with E-state index in [4.69, 9.17) is 11.6 Å². The third-order valence-corrected chi connectivity index (χ3v) is 1.63. The molecule has 1 N–H and O–H groups in total. The molecule has 0 aromatic carbocycles. The van der Waals surface area contributed by atoms with Gasteiger partial charge in [0.05, 0.1) is 10.6 Å². The number of pyridine rings is 1. The molecule has 1 heterocycles. The van der Waals surface area contributed by atoms with Crippen LogP contribution in [0, 0.1) is 0 Å². The first kappa shape index (κ1) is 9.67. The van der Waals surface area contributed by atoms with Gasteiger partial charge in [-0.1, -0.05) is 11.6 Å². The summed E-state index contributed by atoms with van der Waals surface area (Å²) in [5.41, 5.74) is 0.194. The molecule has 0 saturated heterocycles. The summed E-state index contributed by atoms with van der Waals surface area (Å²) in [4.78, 5) is 25.5. The molecule has 0 bridgehead atoms. The largest absolute Gasteiger partial charge is 0.292 e. The molecule has 0 fully saturated rings. The number of carbonyl (C=O) groups excluding carboxylic acids is 2. The predicted octanol–water partition coefficient (Wildman–Crippen LogP) is 1.01. The maximum atomic E-state index is 11.2. The molecule has 1 rings (SSSR count). The first-order chi connectivity index (χ1) is 6.11. The number of amides is 2. The number of nitrogens with one attached hydrogen (secondary N) is 1. The molecule has 0 saturated carbocycles. The zero-order valence-corrected chi connectivity index (χ0v) is 7.63. The van der Waals surface area contributed by atoms with E-state index in [1.807, 2.05) is 0 Å². The van der Waals surface area contributed by atoms with Gasteiger partial charge >= 0.3 is 0 Å². The Morgan fingerprint density at radius 1 is 1.54 bits per heavy atom. The molecular formula is C8H7ClN2O2. The Hall–Kier alpha value is -1.42. The smallest absolute Gasteiger partial charge is 0.260 e. The van der Waals surface area contributed by atoms with Crippen molar-refractivity contribution in [2.75, 3.05) is 0 Å². The molecule has 0 aliphatic rings. The summed E-state index contributed by atoms with van der Waals surface area (Å²) in [5, 5.41) is 2.37. The topological polar surface area (TPSA) is 59.1 Å². The third kappa shape index (κ3) is 2.52. The van der Waals surface area contributed by atoms with Crippen LogP contribution >= 0.6 is 11.6 Å². The van der Waals surface area contributed by atoms with Crippen LogP contribution in [0.1, 0.15) is 17.3 Å². The Morgan fingerprint density at radius 3 is 2.77 bits per heavy atom. The number of hydrogen-bond acceptors (Lipinski definition) is 3. The first-order valence-electron chi connectivity index (χ1n) is 3.52. The molecule has 1 aromatic rings. The van der Waals surface area contributed by atoms with Gasteiger partial charge in [-0.15, -0.1) is 0 Å². The van der Waals surface area contributed by atoms with Gasteiger partial charge in [0.15, 0.2) is 0 Å². The second kappa shape index (κ2) is 4.00. The van der Waals surface area contributed by atoms with Gasteiger partial charge in [-0.3, -0.25) is 19.9 Å². The standard InChI is InChI=1S/C8H7ClN2O2/c1-5(12)11-8(13)6-4-10-3-2-7(6)9/h2-4H,1H3,(H,11,12,13). The number of halogens is 1. The van der Waals surface area contributed by atoms with Gasteiger partial charge in [0.25, 0.3) is 5.91 Å². The highest BCUT2D eigenvalue weighted by molar-refractivity contribution is 6.34. The van der Waals surface area contributed by atoms with E-state index in [2.05, 4.69) is 10.3 Å². The van der Waals surface area contributed by atoms with E-state index in [-0.39, 0.29) is 10.6 Å². The molecule has 4 nitrogen and oxygen atoms in total. The Labute approximate surface area is 79.9 Å². The molecule has 5 heteroatoms. The quantitative estimate of drug-likeness (QED) is 0.733. The van der Waals surface area contributed by atoms with Gasteiger partial charge < -0.3 is 0 Å². The second-order valence-electron chi connectivity index (χ2n) is 2.37. The van der Waals surface area contributed by atoms with E-state index in [1.54, 1.807) is 0 Å². The number of aromatic nitrogens is 1. The maximum absolute atomic E-state index is 11.2. The van der Waals surface area contributed by atoms with Crippen LogP contribution in [0.5, 0.6) is 0 Å². The molecule has 0 spiro atoms. The number of rotatable bonds is 1. The van der Waals surface area contributed by atoms with E-state index in [9.17, 15) is 9.59 Å². The summed E-state index contributed by atoms with van der Waals surface area (Å²) in [7, 11) is 0. The molecule has 68 valence electrons. The van der Waals surface area contributed by atoms with Crippen molar-refractivity contribution in [3.05, 3.63) is 29.0 Å². The van der Waals surface area contributed by atoms with E-state index >= 15 is 0 Å². The lowest BCUT2D eigenvalue weighted by Gasteiger charge is -2.01. The number of imide groups is 1. The van der Waals surface area contributed by atoms with Crippen molar-refractivity contribution in [1.82, 2.24) is 10.3 Å². The second-order valence-corrected chi connectivity index (χ2v) is 2.77. The van der Waals surface area contributed by atoms with Crippen molar-refractivity contribution in [2.45, 2.75) is 6.92 Å². The summed E-state index contributed by atoms with van der Waals surface area (Å²) in [5.74, 6) is -0.962. The summed E-state index contributed by atoms with van der Waals surface area (Å²) in [6.07, 6.45) is 2.77. The summed E-state index contributed by atoms with van der Waals surface area (Å²) < 4.78 is 0. The monoisotopic (exact) mass is 198 g/mol. The van der Waals surface area contributed by atoms with E-state index in [0.29, 0.717) is 0 Å². The minimum Gasteiger partial charge on any atom is -0.292 e. The minimum atomic E-state index is -0.536. The molecule has 13 heavy (non-hydrogen) atoms. The van der Waals surface area contributed by atoms with Crippen LogP contribution in [0.25, 0.3) is 0 Å². The molecule has 1 aromatic heterocycles. The average molecular weight is 199 g/mol. The van der Waals surface area contributed by atoms with Crippen LogP contribution in [0.3, 0.4) is 0 Å². The van der Waals surface area contributed by atoms with Crippen molar-refractivity contribution in [2.24, 2.45) is 0 Å². The van der Waals surface area contributed by atoms with Gasteiger partial charge in [-0.25, -0.2) is 0 Å². The maximum Gasteiger partial charge on any atom is 0.260 e. The van der Waals surface area contributed by atoms with Crippen LogP contribution in [-0.4, -0.2) is 16.8 Å². The van der Waals surface area contributed by atoms with Gasteiger partial charge in [-0.05, 0) is 6.07 Å². The van der Waals surface area contributed by atoms with Crippen LogP contribution in [0.4, 0.5) is 0 Å². The molecule has 0 unspecified atom stereocenters. The molecule has 0 aliphatic carbocycles. The van der Waals surface area contributed by atoms with Crippen molar-refractivity contribution in [3.8, 4) is 0 Å². The van der Waals surface area contributed by atoms with Crippen molar-refractivity contribution in [1.29, 1.82) is 0 Å². The average Bonchev–Trinajstić information content (AvgIpc) is 2.03. The highest BCUT2D eigenvalue weighted by Gasteiger charge is 2.10.